The van der Waals surface area contributed by atoms with E-state index in [0.717, 1.165) is 29.7 Å². The van der Waals surface area contributed by atoms with Crippen LogP contribution < -0.4 is 4.90 Å². The van der Waals surface area contributed by atoms with Gasteiger partial charge in [0.05, 0.1) is 17.9 Å². The van der Waals surface area contributed by atoms with Gasteiger partial charge in [-0.05, 0) is 37.5 Å². The number of aryl methyl sites for hydroxylation is 1. The molecule has 1 heterocycles. The first-order valence-electron chi connectivity index (χ1n) is 7.12. The fourth-order valence-corrected chi connectivity index (χ4v) is 2.39. The number of carbonyl (C=O) groups excluding carboxylic acids is 2. The number of hydrogen-bond donors (Lipinski definition) is 0. The van der Waals surface area contributed by atoms with Crippen molar-refractivity contribution in [1.29, 1.82) is 0 Å². The molecule has 2 rings (SSSR count). The number of fused-ring (bicyclic) bond motifs is 1. The summed E-state index contributed by atoms with van der Waals surface area (Å²) in [5.74, 6) is -0.843. The molecule has 0 bridgehead atoms. The van der Waals surface area contributed by atoms with E-state index in [1.807, 2.05) is 19.9 Å². The number of amides is 1. The topological polar surface area (TPSA) is 46.6 Å². The molecule has 0 spiro atoms. The van der Waals surface area contributed by atoms with E-state index in [9.17, 15) is 9.59 Å². The maximum absolute atomic E-state index is 12.1. The van der Waals surface area contributed by atoms with Crippen molar-refractivity contribution in [2.45, 2.75) is 33.6 Å². The van der Waals surface area contributed by atoms with E-state index < -0.39 is 11.7 Å². The number of ether oxygens (including phenoxy) is 1. The van der Waals surface area contributed by atoms with Gasteiger partial charge in [0.1, 0.15) is 0 Å². The summed E-state index contributed by atoms with van der Waals surface area (Å²) >= 11 is 0. The molecule has 1 amide bonds. The van der Waals surface area contributed by atoms with Crippen molar-refractivity contribution in [2.75, 3.05) is 24.7 Å². The summed E-state index contributed by atoms with van der Waals surface area (Å²) in [4.78, 5) is 25.6. The molecular weight excluding hydrogens is 254 g/mol. The highest BCUT2D eigenvalue weighted by Gasteiger charge is 2.36. The van der Waals surface area contributed by atoms with Crippen LogP contribution in [0.2, 0.25) is 0 Å². The number of Topliss-reactive ketones (excluding diaryl/α,β-unsaturated/α-hetero) is 1. The molecule has 20 heavy (non-hydrogen) atoms. The Morgan fingerprint density at radius 2 is 1.90 bits per heavy atom. The second kappa shape index (κ2) is 6.18. The van der Waals surface area contributed by atoms with Crippen molar-refractivity contribution < 1.29 is 14.3 Å². The Kier molecular flexibility index (Phi) is 4.55. The SMILES string of the molecule is CCCCOCCN1C(=O)C(=O)c2ccc(C)c(C)c21. The minimum Gasteiger partial charge on any atom is -0.380 e. The molecule has 0 saturated carbocycles. The number of rotatable bonds is 6. The lowest BCUT2D eigenvalue weighted by Gasteiger charge is -2.19. The standard InChI is InChI=1S/C16H21NO3/c1-4-5-9-20-10-8-17-14-12(3)11(2)6-7-13(14)15(18)16(17)19/h6-7H,4-5,8-10H2,1-3H3. The predicted molar refractivity (Wildman–Crippen MR) is 78.3 cm³/mol. The van der Waals surface area contributed by atoms with Crippen molar-refractivity contribution in [2.24, 2.45) is 0 Å². The smallest absolute Gasteiger partial charge is 0.299 e. The second-order valence-corrected chi connectivity index (χ2v) is 5.16. The summed E-state index contributed by atoms with van der Waals surface area (Å²) in [5, 5.41) is 0. The Labute approximate surface area is 119 Å². The molecule has 108 valence electrons. The van der Waals surface area contributed by atoms with E-state index in [1.54, 1.807) is 11.0 Å². The van der Waals surface area contributed by atoms with Gasteiger partial charge in [-0.15, -0.1) is 0 Å². The van der Waals surface area contributed by atoms with Gasteiger partial charge in [-0.2, -0.15) is 0 Å². The first kappa shape index (κ1) is 14.7. The van der Waals surface area contributed by atoms with Gasteiger partial charge in [-0.1, -0.05) is 19.4 Å². The summed E-state index contributed by atoms with van der Waals surface area (Å²) in [6, 6.07) is 3.64. The maximum atomic E-state index is 12.1. The molecule has 0 saturated heterocycles. The van der Waals surface area contributed by atoms with Gasteiger partial charge in [0.15, 0.2) is 0 Å². The Bertz CT molecular complexity index is 537. The molecule has 1 aromatic carbocycles. The van der Waals surface area contributed by atoms with Gasteiger partial charge >= 0.3 is 0 Å². The van der Waals surface area contributed by atoms with E-state index in [4.69, 9.17) is 4.74 Å². The van der Waals surface area contributed by atoms with Gasteiger partial charge in [0, 0.05) is 13.2 Å². The minimum atomic E-state index is -0.437. The number of unbranched alkanes of at least 4 members (excludes halogenated alkanes) is 1. The largest absolute Gasteiger partial charge is 0.380 e. The van der Waals surface area contributed by atoms with Gasteiger partial charge < -0.3 is 9.64 Å². The van der Waals surface area contributed by atoms with Crippen molar-refractivity contribution in [3.05, 3.63) is 28.8 Å². The number of anilines is 1. The molecule has 1 aromatic rings. The maximum Gasteiger partial charge on any atom is 0.299 e. The van der Waals surface area contributed by atoms with E-state index in [1.165, 1.54) is 0 Å². The van der Waals surface area contributed by atoms with E-state index in [-0.39, 0.29) is 0 Å². The van der Waals surface area contributed by atoms with Crippen LogP contribution in [-0.4, -0.2) is 31.4 Å². The second-order valence-electron chi connectivity index (χ2n) is 5.16. The number of hydrogen-bond acceptors (Lipinski definition) is 3. The lowest BCUT2D eigenvalue weighted by Crippen LogP contribution is -2.33. The molecule has 0 unspecified atom stereocenters. The molecular formula is C16H21NO3. The quantitative estimate of drug-likeness (QED) is 0.592. The predicted octanol–water partition coefficient (Wildman–Crippen LogP) is 2.65. The average molecular weight is 275 g/mol. The van der Waals surface area contributed by atoms with Crippen LogP contribution in [0.3, 0.4) is 0 Å². The first-order chi connectivity index (χ1) is 9.57. The van der Waals surface area contributed by atoms with Gasteiger partial charge in [-0.25, -0.2) is 0 Å². The third-order valence-corrected chi connectivity index (χ3v) is 3.76. The van der Waals surface area contributed by atoms with Crippen LogP contribution >= 0.6 is 0 Å². The summed E-state index contributed by atoms with van der Waals surface area (Å²) < 4.78 is 5.50. The third-order valence-electron chi connectivity index (χ3n) is 3.76. The normalized spacial score (nSPS) is 14.1. The van der Waals surface area contributed by atoms with Crippen molar-refractivity contribution in [3.63, 3.8) is 0 Å². The van der Waals surface area contributed by atoms with Crippen LogP contribution in [0, 0.1) is 13.8 Å². The van der Waals surface area contributed by atoms with Crippen molar-refractivity contribution in [1.82, 2.24) is 0 Å². The molecule has 0 fully saturated rings. The molecule has 1 aliphatic rings. The van der Waals surface area contributed by atoms with E-state index in [2.05, 4.69) is 6.92 Å². The van der Waals surface area contributed by atoms with Crippen LogP contribution in [0.5, 0.6) is 0 Å². The monoisotopic (exact) mass is 275 g/mol. The lowest BCUT2D eigenvalue weighted by atomic mass is 10.0. The molecule has 0 atom stereocenters. The summed E-state index contributed by atoms with van der Waals surface area (Å²) in [6.45, 7) is 7.64. The summed E-state index contributed by atoms with van der Waals surface area (Å²) in [6.07, 6.45) is 2.10. The molecule has 0 radical (unpaired) electrons. The zero-order valence-corrected chi connectivity index (χ0v) is 12.4. The van der Waals surface area contributed by atoms with Crippen LogP contribution in [0.25, 0.3) is 0 Å². The first-order valence-corrected chi connectivity index (χ1v) is 7.12. The number of ketones is 1. The third kappa shape index (κ3) is 2.61. The van der Waals surface area contributed by atoms with Gasteiger partial charge in [-0.3, -0.25) is 9.59 Å². The van der Waals surface area contributed by atoms with Crippen LogP contribution in [0.4, 0.5) is 5.69 Å². The minimum absolute atomic E-state index is 0.406. The molecule has 0 N–H and O–H groups in total. The highest BCUT2D eigenvalue weighted by atomic mass is 16.5. The number of benzene rings is 1. The Morgan fingerprint density at radius 1 is 1.15 bits per heavy atom. The average Bonchev–Trinajstić information content (AvgIpc) is 2.68. The van der Waals surface area contributed by atoms with E-state index in [0.29, 0.717) is 25.3 Å². The zero-order chi connectivity index (χ0) is 14.7. The van der Waals surface area contributed by atoms with Crippen LogP contribution in [-0.2, 0) is 9.53 Å². The van der Waals surface area contributed by atoms with Crippen LogP contribution in [0.1, 0.15) is 41.3 Å². The highest BCUT2D eigenvalue weighted by molar-refractivity contribution is 6.52. The molecule has 4 nitrogen and oxygen atoms in total. The summed E-state index contributed by atoms with van der Waals surface area (Å²) in [7, 11) is 0. The highest BCUT2D eigenvalue weighted by Crippen LogP contribution is 2.33. The fraction of sp³-hybridized carbons (Fsp3) is 0.500. The molecule has 1 aliphatic heterocycles. The zero-order valence-electron chi connectivity index (χ0n) is 12.4. The molecule has 4 heteroatoms. The summed E-state index contributed by atoms with van der Waals surface area (Å²) in [5.41, 5.74) is 3.36. The Morgan fingerprint density at radius 3 is 2.60 bits per heavy atom. The van der Waals surface area contributed by atoms with Gasteiger partial charge in [0.2, 0.25) is 0 Å². The molecule has 0 aliphatic carbocycles. The number of nitrogens with zero attached hydrogens (tertiary/aromatic N) is 1. The van der Waals surface area contributed by atoms with Crippen molar-refractivity contribution >= 4 is 17.4 Å². The van der Waals surface area contributed by atoms with Gasteiger partial charge in [0.25, 0.3) is 11.7 Å². The molecule has 0 aromatic heterocycles. The fourth-order valence-electron chi connectivity index (χ4n) is 2.39. The number of carbonyl (C=O) groups is 2. The van der Waals surface area contributed by atoms with E-state index >= 15 is 0 Å². The Hall–Kier alpha value is -1.68. The van der Waals surface area contributed by atoms with Crippen LogP contribution in [0.15, 0.2) is 12.1 Å². The van der Waals surface area contributed by atoms with Crippen molar-refractivity contribution in [3.8, 4) is 0 Å². The Balaban J connectivity index is 2.13. The lowest BCUT2D eigenvalue weighted by molar-refractivity contribution is -0.114.